The highest BCUT2D eigenvalue weighted by atomic mass is 32.2. The van der Waals surface area contributed by atoms with Gasteiger partial charge in [0.15, 0.2) is 6.61 Å². The van der Waals surface area contributed by atoms with Crippen molar-refractivity contribution in [3.8, 4) is 5.75 Å². The summed E-state index contributed by atoms with van der Waals surface area (Å²) in [5, 5.41) is 14.2. The number of amides is 2. The molecule has 1 saturated heterocycles. The van der Waals surface area contributed by atoms with E-state index in [1.165, 1.54) is 0 Å². The summed E-state index contributed by atoms with van der Waals surface area (Å²) in [5.41, 5.74) is 0.639. The van der Waals surface area contributed by atoms with E-state index in [-0.39, 0.29) is 18.7 Å². The van der Waals surface area contributed by atoms with Gasteiger partial charge < -0.3 is 20.5 Å². The van der Waals surface area contributed by atoms with Gasteiger partial charge in [0.05, 0.1) is 0 Å². The van der Waals surface area contributed by atoms with E-state index in [1.54, 1.807) is 24.3 Å². The first-order valence-electron chi connectivity index (χ1n) is 6.73. The molecule has 21 heavy (non-hydrogen) atoms. The maximum atomic E-state index is 11.8. The van der Waals surface area contributed by atoms with Crippen LogP contribution in [0.4, 0.5) is 10.5 Å². The molecule has 1 aromatic carbocycles. The first-order valence-corrected chi connectivity index (χ1v) is 7.89. The predicted octanol–water partition coefficient (Wildman–Crippen LogP) is 2.17. The molecule has 1 fully saturated rings. The molecule has 0 radical (unpaired) electrons. The zero-order valence-electron chi connectivity index (χ0n) is 11.5. The van der Waals surface area contributed by atoms with E-state index in [4.69, 9.17) is 9.84 Å². The minimum absolute atomic E-state index is 0.217. The lowest BCUT2D eigenvalue weighted by Crippen LogP contribution is -2.39. The van der Waals surface area contributed by atoms with Crippen LogP contribution in [-0.4, -0.2) is 41.3 Å². The largest absolute Gasteiger partial charge is 0.482 e. The fraction of sp³-hybridized carbons (Fsp3) is 0.429. The number of aliphatic carboxylic acids is 1. The Hall–Kier alpha value is -1.89. The first-order chi connectivity index (χ1) is 10.1. The predicted molar refractivity (Wildman–Crippen MR) is 82.1 cm³/mol. The zero-order chi connectivity index (χ0) is 15.1. The van der Waals surface area contributed by atoms with Crippen molar-refractivity contribution < 1.29 is 19.4 Å². The molecule has 1 aliphatic rings. The van der Waals surface area contributed by atoms with Crippen LogP contribution >= 0.6 is 11.8 Å². The van der Waals surface area contributed by atoms with Gasteiger partial charge in [-0.3, -0.25) is 0 Å². The van der Waals surface area contributed by atoms with Crippen molar-refractivity contribution in [2.24, 2.45) is 0 Å². The summed E-state index contributed by atoms with van der Waals surface area (Å²) in [6.07, 6.45) is 2.00. The van der Waals surface area contributed by atoms with Crippen molar-refractivity contribution in [3.05, 3.63) is 24.3 Å². The van der Waals surface area contributed by atoms with Crippen molar-refractivity contribution in [1.82, 2.24) is 5.32 Å². The average molecular weight is 310 g/mol. The Morgan fingerprint density at radius 2 is 1.90 bits per heavy atom. The van der Waals surface area contributed by atoms with Gasteiger partial charge >= 0.3 is 12.0 Å². The van der Waals surface area contributed by atoms with E-state index in [1.807, 2.05) is 11.8 Å². The summed E-state index contributed by atoms with van der Waals surface area (Å²) >= 11 is 1.91. The Morgan fingerprint density at radius 3 is 2.52 bits per heavy atom. The molecule has 0 aromatic heterocycles. The topological polar surface area (TPSA) is 87.7 Å². The maximum Gasteiger partial charge on any atom is 0.341 e. The zero-order valence-corrected chi connectivity index (χ0v) is 12.3. The molecule has 1 aliphatic heterocycles. The first kappa shape index (κ1) is 15.5. The molecule has 2 rings (SSSR count). The van der Waals surface area contributed by atoms with Gasteiger partial charge in [-0.25, -0.2) is 9.59 Å². The second-order valence-electron chi connectivity index (χ2n) is 4.69. The fourth-order valence-electron chi connectivity index (χ4n) is 1.97. The number of thioether (sulfide) groups is 1. The monoisotopic (exact) mass is 310 g/mol. The second kappa shape index (κ2) is 7.78. The fourth-order valence-corrected chi connectivity index (χ4v) is 3.08. The highest BCUT2D eigenvalue weighted by molar-refractivity contribution is 7.99. The summed E-state index contributed by atoms with van der Waals surface area (Å²) in [7, 11) is 0. The molecule has 0 aliphatic carbocycles. The van der Waals surface area contributed by atoms with Gasteiger partial charge in [0, 0.05) is 11.7 Å². The smallest absolute Gasteiger partial charge is 0.341 e. The van der Waals surface area contributed by atoms with Gasteiger partial charge in [-0.15, -0.1) is 0 Å². The summed E-state index contributed by atoms with van der Waals surface area (Å²) in [6.45, 7) is -0.382. The summed E-state index contributed by atoms with van der Waals surface area (Å²) in [6, 6.07) is 6.61. The highest BCUT2D eigenvalue weighted by Crippen LogP contribution is 2.18. The number of hydrogen-bond donors (Lipinski definition) is 3. The highest BCUT2D eigenvalue weighted by Gasteiger charge is 2.15. The molecule has 0 saturated carbocycles. The van der Waals surface area contributed by atoms with E-state index in [0.717, 1.165) is 24.3 Å². The van der Waals surface area contributed by atoms with E-state index in [2.05, 4.69) is 10.6 Å². The van der Waals surface area contributed by atoms with Crippen molar-refractivity contribution in [2.75, 3.05) is 23.4 Å². The number of carboxylic acids is 1. The van der Waals surface area contributed by atoms with Crippen LogP contribution in [0.3, 0.4) is 0 Å². The molecule has 3 N–H and O–H groups in total. The van der Waals surface area contributed by atoms with Crippen molar-refractivity contribution in [1.29, 1.82) is 0 Å². The van der Waals surface area contributed by atoms with E-state index < -0.39 is 5.97 Å². The van der Waals surface area contributed by atoms with Crippen molar-refractivity contribution in [2.45, 2.75) is 18.9 Å². The number of urea groups is 1. The standard InChI is InChI=1S/C14H18N2O4S/c17-13(18)9-20-12-3-1-10(2-4-12)15-14(19)16-11-5-7-21-8-6-11/h1-4,11H,5-9H2,(H,17,18)(H2,15,16,19). The lowest BCUT2D eigenvalue weighted by Gasteiger charge is -2.22. The molecular weight excluding hydrogens is 292 g/mol. The number of nitrogens with one attached hydrogen (secondary N) is 2. The van der Waals surface area contributed by atoms with E-state index in [0.29, 0.717) is 11.4 Å². The Balaban J connectivity index is 1.79. The molecule has 7 heteroatoms. The number of rotatable bonds is 5. The molecule has 0 spiro atoms. The number of hydrogen-bond acceptors (Lipinski definition) is 4. The van der Waals surface area contributed by atoms with Crippen LogP contribution in [0.5, 0.6) is 5.75 Å². The molecule has 114 valence electrons. The average Bonchev–Trinajstić information content (AvgIpc) is 2.47. The SMILES string of the molecule is O=C(O)COc1ccc(NC(=O)NC2CCSCC2)cc1. The van der Waals surface area contributed by atoms with E-state index >= 15 is 0 Å². The molecule has 0 unspecified atom stereocenters. The van der Waals surface area contributed by atoms with Crippen LogP contribution < -0.4 is 15.4 Å². The number of carboxylic acid groups (broad SMARTS) is 1. The molecule has 1 heterocycles. The Labute approximate surface area is 127 Å². The normalized spacial score (nSPS) is 15.2. The molecule has 1 aromatic rings. The van der Waals surface area contributed by atoms with Crippen molar-refractivity contribution in [3.63, 3.8) is 0 Å². The molecule has 2 amide bonds. The quantitative estimate of drug-likeness (QED) is 0.776. The van der Waals surface area contributed by atoms with Gasteiger partial charge in [-0.05, 0) is 48.6 Å². The lowest BCUT2D eigenvalue weighted by atomic mass is 10.2. The molecule has 0 atom stereocenters. The second-order valence-corrected chi connectivity index (χ2v) is 5.92. The van der Waals surface area contributed by atoms with Crippen molar-refractivity contribution >= 4 is 29.4 Å². The molecular formula is C14H18N2O4S. The minimum Gasteiger partial charge on any atom is -0.482 e. The summed E-state index contributed by atoms with van der Waals surface area (Å²) < 4.78 is 5.02. The lowest BCUT2D eigenvalue weighted by molar-refractivity contribution is -0.139. The molecule has 6 nitrogen and oxygen atoms in total. The van der Waals surface area contributed by atoms with E-state index in [9.17, 15) is 9.59 Å². The van der Waals surface area contributed by atoms with Crippen LogP contribution in [0.15, 0.2) is 24.3 Å². The Bertz CT molecular complexity index is 486. The van der Waals surface area contributed by atoms with Gasteiger partial charge in [0.1, 0.15) is 5.75 Å². The van der Waals surface area contributed by atoms with Gasteiger partial charge in [0.25, 0.3) is 0 Å². The number of benzene rings is 1. The summed E-state index contributed by atoms with van der Waals surface area (Å²) in [4.78, 5) is 22.2. The van der Waals surface area contributed by atoms with Crippen LogP contribution in [-0.2, 0) is 4.79 Å². The number of carbonyl (C=O) groups excluding carboxylic acids is 1. The van der Waals surface area contributed by atoms with Crippen LogP contribution in [0.1, 0.15) is 12.8 Å². The molecule has 0 bridgehead atoms. The maximum absolute atomic E-state index is 11.8. The third-order valence-corrected chi connectivity index (χ3v) is 4.08. The van der Waals surface area contributed by atoms with Gasteiger partial charge in [0.2, 0.25) is 0 Å². The van der Waals surface area contributed by atoms with Crippen LogP contribution in [0.2, 0.25) is 0 Å². The minimum atomic E-state index is -1.03. The van der Waals surface area contributed by atoms with Crippen LogP contribution in [0.25, 0.3) is 0 Å². The third-order valence-electron chi connectivity index (χ3n) is 3.03. The summed E-state index contributed by atoms with van der Waals surface area (Å²) in [5.74, 6) is 1.59. The third kappa shape index (κ3) is 5.55. The van der Waals surface area contributed by atoms with Crippen LogP contribution in [0, 0.1) is 0 Å². The van der Waals surface area contributed by atoms with Gasteiger partial charge in [-0.2, -0.15) is 11.8 Å². The Kier molecular flexibility index (Phi) is 5.74. The Morgan fingerprint density at radius 1 is 1.24 bits per heavy atom. The number of carbonyl (C=O) groups is 2. The number of ether oxygens (including phenoxy) is 1. The van der Waals surface area contributed by atoms with Gasteiger partial charge in [-0.1, -0.05) is 0 Å². The number of anilines is 1.